The van der Waals surface area contributed by atoms with E-state index in [2.05, 4.69) is 22.5 Å². The van der Waals surface area contributed by atoms with E-state index in [1.165, 1.54) is 25.3 Å². The first-order valence-corrected chi connectivity index (χ1v) is 24.8. The predicted octanol–water partition coefficient (Wildman–Crippen LogP) is 5.84. The van der Waals surface area contributed by atoms with E-state index in [0.29, 0.717) is 62.1 Å². The number of aliphatic hydroxyl groups is 1. The van der Waals surface area contributed by atoms with Crippen LogP contribution in [-0.2, 0) is 35.3 Å². The summed E-state index contributed by atoms with van der Waals surface area (Å²) in [6, 6.07) is 6.12. The number of fused-ring (bicyclic) bond motifs is 2. The maximum atomic E-state index is 16.2. The number of carbonyl (C=O) groups excluding carboxylic acids is 7. The average Bonchev–Trinajstić information content (AvgIpc) is 4.02. The van der Waals surface area contributed by atoms with Crippen molar-refractivity contribution in [2.75, 3.05) is 50.1 Å². The number of anilines is 2. The van der Waals surface area contributed by atoms with E-state index in [9.17, 15) is 43.5 Å². The molecule has 3 aromatic rings. The molecule has 0 radical (unpaired) electrons. The second-order valence-electron chi connectivity index (χ2n) is 19.5. The highest BCUT2D eigenvalue weighted by Gasteiger charge is 2.44. The van der Waals surface area contributed by atoms with E-state index in [-0.39, 0.29) is 109 Å². The van der Waals surface area contributed by atoms with Crippen molar-refractivity contribution in [1.82, 2.24) is 25.0 Å². The Morgan fingerprint density at radius 2 is 1.69 bits per heavy atom. The molecule has 7 rings (SSSR count). The number of aliphatic hydroxyl groups excluding tert-OH is 1. The zero-order chi connectivity index (χ0) is 51.8. The minimum absolute atomic E-state index is 0.00172. The number of halogens is 1. The first-order valence-electron chi connectivity index (χ1n) is 24.8. The molecule has 1 saturated carbocycles. The molecule has 3 aliphatic heterocycles. The van der Waals surface area contributed by atoms with Crippen LogP contribution in [0.25, 0.3) is 16.7 Å². The van der Waals surface area contributed by atoms with Crippen LogP contribution in [0.5, 0.6) is 5.75 Å². The van der Waals surface area contributed by atoms with Gasteiger partial charge in [-0.2, -0.15) is 0 Å². The van der Waals surface area contributed by atoms with Gasteiger partial charge in [-0.3, -0.25) is 33.7 Å². The second kappa shape index (κ2) is 23.3. The lowest BCUT2D eigenvalue weighted by molar-refractivity contribution is -0.137. The summed E-state index contributed by atoms with van der Waals surface area (Å²) in [5.41, 5.74) is 6.42. The number of Topliss-reactive ketones (excluding diaryl/α,β-unsaturated/α-hetero) is 1. The second-order valence-corrected chi connectivity index (χ2v) is 19.5. The number of methoxy groups -OCH3 is 1. The molecule has 4 aliphatic rings. The van der Waals surface area contributed by atoms with Gasteiger partial charge in [0.05, 0.1) is 35.7 Å². The van der Waals surface area contributed by atoms with Crippen molar-refractivity contribution in [2.45, 2.75) is 109 Å². The molecule has 0 bridgehead atoms. The summed E-state index contributed by atoms with van der Waals surface area (Å²) in [4.78, 5) is 107. The van der Waals surface area contributed by atoms with Gasteiger partial charge in [0.15, 0.2) is 17.3 Å². The topological polar surface area (TPSA) is 252 Å². The normalized spacial score (nSPS) is 18.3. The Morgan fingerprint density at radius 1 is 0.972 bits per heavy atom. The zero-order valence-corrected chi connectivity index (χ0v) is 41.1. The van der Waals surface area contributed by atoms with Crippen LogP contribution in [0.15, 0.2) is 60.1 Å². The largest absolute Gasteiger partial charge is 0.508 e. The number of amides is 7. The molecule has 0 unspecified atom stereocenters. The van der Waals surface area contributed by atoms with Crippen molar-refractivity contribution in [3.05, 3.63) is 82.4 Å². The molecule has 4 heterocycles. The van der Waals surface area contributed by atoms with Crippen molar-refractivity contribution >= 4 is 69.6 Å². The Bertz CT molecular complexity index is 2660. The Hall–Kier alpha value is -7.25. The maximum absolute atomic E-state index is 16.2. The van der Waals surface area contributed by atoms with Crippen LogP contribution in [0.3, 0.4) is 0 Å². The van der Waals surface area contributed by atoms with Crippen LogP contribution in [-0.4, -0.2) is 113 Å². The van der Waals surface area contributed by atoms with Gasteiger partial charge in [0.1, 0.15) is 18.1 Å². The first-order chi connectivity index (χ1) is 34.4. The van der Waals surface area contributed by atoms with Crippen molar-refractivity contribution in [2.24, 2.45) is 23.5 Å². The number of primary amides is 1. The smallest absolute Gasteiger partial charge is 0.410 e. The molecule has 6 N–H and O–H groups in total. The standard InChI is InChI=1S/C52H65FN8O11/c1-30(2)45(57-42(64)12-6-5-7-22-60-43(65)19-20-44(60)66)41(63)24-33(10-8-21-55-51(54)69)50(68)56-35-15-13-32(14-16-35)29-72-52(70)59-23-9-11-34-26-58(28-40(34)59)47-39(53)25-37-46(49(47)71-4)61(36-17-18-36)27-38(31(3)62)48(37)67/h13-16,19-20,25,27,30,33-34,36,40,45,62H,3,5-12,17-18,21-24,26,28-29H2,1-2,4H3,(H,56,68)(H,57,64)(H3,54,55,69)/t33-,34+,40-,45+/m1/s1. The SMILES string of the molecule is C=C(O)c1cn(C2CC2)c2c(OC)c(N3C[C@@H]4CCCN(C(=O)OCc5ccc(NC(=O)[C@H](CCCNC(N)=O)CC(=O)[C@@H](NC(=O)CCCCCN6C(=O)C=CC6=O)C(C)C)cc5)[C@@H]4C3)c(F)cc2c1=O. The van der Waals surface area contributed by atoms with Gasteiger partial charge < -0.3 is 50.6 Å². The lowest BCUT2D eigenvalue weighted by Gasteiger charge is -2.35. The van der Waals surface area contributed by atoms with Crippen molar-refractivity contribution in [1.29, 1.82) is 0 Å². The number of unbranched alkanes of at least 4 members (excludes halogenated alkanes) is 2. The van der Waals surface area contributed by atoms with E-state index >= 15 is 4.39 Å². The summed E-state index contributed by atoms with van der Waals surface area (Å²) in [6.07, 6.45) is 8.88. The molecule has 19 nitrogen and oxygen atoms in total. The summed E-state index contributed by atoms with van der Waals surface area (Å²) in [5, 5.41) is 18.5. The summed E-state index contributed by atoms with van der Waals surface area (Å²) in [7, 11) is 1.44. The highest BCUT2D eigenvalue weighted by molar-refractivity contribution is 6.12. The number of urea groups is 1. The number of imide groups is 1. The zero-order valence-electron chi connectivity index (χ0n) is 41.1. The lowest BCUT2D eigenvalue weighted by atomic mass is 9.89. The molecule has 7 amide bonds. The number of hydrogen-bond acceptors (Lipinski definition) is 12. The lowest BCUT2D eigenvalue weighted by Crippen LogP contribution is -2.48. The number of carbonyl (C=O) groups is 7. The molecule has 0 spiro atoms. The quantitative estimate of drug-likeness (QED) is 0.0427. The molecular formula is C52H65FN8O11. The Morgan fingerprint density at radius 3 is 2.35 bits per heavy atom. The monoisotopic (exact) mass is 996 g/mol. The van der Waals surface area contributed by atoms with Crippen molar-refractivity contribution < 1.29 is 52.5 Å². The van der Waals surface area contributed by atoms with Gasteiger partial charge in [0.25, 0.3) is 11.8 Å². The number of aromatic nitrogens is 1. The highest BCUT2D eigenvalue weighted by Crippen LogP contribution is 2.46. The summed E-state index contributed by atoms with van der Waals surface area (Å²) in [6.45, 7) is 8.72. The van der Waals surface area contributed by atoms with Crippen molar-refractivity contribution in [3.63, 3.8) is 0 Å². The number of nitrogens with zero attached hydrogens (tertiary/aromatic N) is 4. The van der Waals surface area contributed by atoms with Gasteiger partial charge in [-0.05, 0) is 87.0 Å². The van der Waals surface area contributed by atoms with Gasteiger partial charge in [0, 0.05) is 81.6 Å². The predicted molar refractivity (Wildman–Crippen MR) is 266 cm³/mol. The number of nitrogens with one attached hydrogen (secondary N) is 3. The molecule has 20 heteroatoms. The average molecular weight is 997 g/mol. The Kier molecular flexibility index (Phi) is 17.0. The van der Waals surface area contributed by atoms with E-state index in [4.69, 9.17) is 15.2 Å². The molecular weight excluding hydrogens is 932 g/mol. The van der Waals surface area contributed by atoms with E-state index in [1.807, 2.05) is 9.47 Å². The number of hydrogen-bond donors (Lipinski definition) is 5. The summed E-state index contributed by atoms with van der Waals surface area (Å²) >= 11 is 0. The fourth-order valence-corrected chi connectivity index (χ4v) is 10.0. The van der Waals surface area contributed by atoms with Gasteiger partial charge in [0.2, 0.25) is 17.2 Å². The number of ketones is 1. The Balaban J connectivity index is 0.938. The van der Waals surface area contributed by atoms with Gasteiger partial charge in [-0.15, -0.1) is 0 Å². The minimum atomic E-state index is -0.860. The number of rotatable bonds is 23. The Labute approximate surface area is 416 Å². The molecule has 1 aromatic heterocycles. The first kappa shape index (κ1) is 52.6. The molecule has 3 fully saturated rings. The van der Waals surface area contributed by atoms with Gasteiger partial charge in [-0.1, -0.05) is 39.0 Å². The molecule has 4 atom stereocenters. The third-order valence-corrected chi connectivity index (χ3v) is 13.9. The molecule has 1 aliphatic carbocycles. The van der Waals surface area contributed by atoms with E-state index in [1.54, 1.807) is 49.2 Å². The van der Waals surface area contributed by atoms with Crippen LogP contribution in [0, 0.1) is 23.6 Å². The number of nitrogens with two attached hydrogens (primary N) is 1. The van der Waals surface area contributed by atoms with Gasteiger partial charge >= 0.3 is 12.1 Å². The highest BCUT2D eigenvalue weighted by atomic mass is 19.1. The molecule has 2 aromatic carbocycles. The van der Waals surface area contributed by atoms with Crippen LogP contribution >= 0.6 is 0 Å². The summed E-state index contributed by atoms with van der Waals surface area (Å²) in [5.74, 6) is -3.72. The number of ether oxygens (including phenoxy) is 2. The fraction of sp³-hybridized carbons (Fsp3) is 0.500. The van der Waals surface area contributed by atoms with Gasteiger partial charge in [-0.25, -0.2) is 14.0 Å². The van der Waals surface area contributed by atoms with E-state index in [0.717, 1.165) is 30.6 Å². The number of likely N-dealkylation sites (tertiary alicyclic amines) is 1. The third-order valence-electron chi connectivity index (χ3n) is 13.9. The van der Waals surface area contributed by atoms with Crippen molar-refractivity contribution in [3.8, 4) is 5.75 Å². The third kappa shape index (κ3) is 12.4. The maximum Gasteiger partial charge on any atom is 0.410 e. The molecule has 386 valence electrons. The fourth-order valence-electron chi connectivity index (χ4n) is 10.0. The molecule has 72 heavy (non-hydrogen) atoms. The van der Waals surface area contributed by atoms with Crippen LogP contribution in [0.2, 0.25) is 0 Å². The number of pyridine rings is 1. The van der Waals surface area contributed by atoms with Crippen LogP contribution in [0.1, 0.15) is 102 Å². The summed E-state index contributed by atoms with van der Waals surface area (Å²) < 4.78 is 29.8. The van der Waals surface area contributed by atoms with Crippen LogP contribution < -0.4 is 36.7 Å². The number of piperidine rings is 1. The van der Waals surface area contributed by atoms with Crippen LogP contribution in [0.4, 0.5) is 25.4 Å². The van der Waals surface area contributed by atoms with E-state index < -0.39 is 47.0 Å². The number of benzene rings is 2. The minimum Gasteiger partial charge on any atom is -0.508 e. The molecule has 2 saturated heterocycles.